The third-order valence-electron chi connectivity index (χ3n) is 3.69. The zero-order chi connectivity index (χ0) is 13.0. The third-order valence-corrected chi connectivity index (χ3v) is 3.69. The van der Waals surface area contributed by atoms with Crippen molar-refractivity contribution in [3.05, 3.63) is 41.0 Å². The van der Waals surface area contributed by atoms with Gasteiger partial charge in [-0.2, -0.15) is 0 Å². The number of hydrogen-bond acceptors (Lipinski definition) is 1. The van der Waals surface area contributed by atoms with Crippen molar-refractivity contribution in [3.63, 3.8) is 0 Å². The van der Waals surface area contributed by atoms with Crippen LogP contribution in [0.3, 0.4) is 0 Å². The maximum atomic E-state index is 3.63. The normalized spacial score (nSPS) is 16.3. The van der Waals surface area contributed by atoms with Gasteiger partial charge in [-0.15, -0.1) is 0 Å². The number of hydrogen-bond donors (Lipinski definition) is 1. The number of benzene rings is 1. The molecule has 1 heteroatoms. The smallest absolute Gasteiger partial charge is 0.0173 e. The van der Waals surface area contributed by atoms with Crippen molar-refractivity contribution in [2.45, 2.75) is 46.1 Å². The summed E-state index contributed by atoms with van der Waals surface area (Å²) in [6, 6.07) is 9.52. The first-order valence-electron chi connectivity index (χ1n) is 7.22. The molecule has 0 saturated heterocycles. The van der Waals surface area contributed by atoms with Gasteiger partial charge in [0.1, 0.15) is 0 Å². The second kappa shape index (κ2) is 6.19. The molecule has 1 nitrogen and oxygen atoms in total. The van der Waals surface area contributed by atoms with E-state index in [2.05, 4.69) is 56.4 Å². The van der Waals surface area contributed by atoms with Gasteiger partial charge in [-0.1, -0.05) is 56.7 Å². The Labute approximate surface area is 111 Å². The van der Waals surface area contributed by atoms with E-state index < -0.39 is 0 Å². The summed E-state index contributed by atoms with van der Waals surface area (Å²) < 4.78 is 0. The lowest BCUT2D eigenvalue weighted by atomic mass is 9.97. The summed E-state index contributed by atoms with van der Waals surface area (Å²) in [6.45, 7) is 7.84. The standard InChI is InChI=1S/C17H25N/c1-4-14-7-5-6-8-15(14)11-16(13(2)3)12-18-17-9-10-17/h5-8,11,13,17-18H,4,9-10,12H2,1-3H3. The van der Waals surface area contributed by atoms with Gasteiger partial charge >= 0.3 is 0 Å². The van der Waals surface area contributed by atoms with E-state index in [4.69, 9.17) is 0 Å². The van der Waals surface area contributed by atoms with Gasteiger partial charge in [-0.3, -0.25) is 0 Å². The van der Waals surface area contributed by atoms with Crippen LogP contribution in [-0.4, -0.2) is 12.6 Å². The van der Waals surface area contributed by atoms with E-state index in [9.17, 15) is 0 Å². The molecule has 1 fully saturated rings. The van der Waals surface area contributed by atoms with Crippen molar-refractivity contribution in [1.82, 2.24) is 5.32 Å². The fourth-order valence-electron chi connectivity index (χ4n) is 2.17. The molecule has 1 saturated carbocycles. The molecule has 1 aliphatic carbocycles. The van der Waals surface area contributed by atoms with Gasteiger partial charge in [-0.05, 0) is 36.3 Å². The molecule has 0 spiro atoms. The molecular weight excluding hydrogens is 218 g/mol. The van der Waals surface area contributed by atoms with Crippen molar-refractivity contribution in [1.29, 1.82) is 0 Å². The average molecular weight is 243 g/mol. The van der Waals surface area contributed by atoms with Crippen LogP contribution in [-0.2, 0) is 6.42 Å². The van der Waals surface area contributed by atoms with Crippen LogP contribution in [0.4, 0.5) is 0 Å². The highest BCUT2D eigenvalue weighted by Crippen LogP contribution is 2.22. The summed E-state index contributed by atoms with van der Waals surface area (Å²) in [6.07, 6.45) is 6.21. The van der Waals surface area contributed by atoms with Gasteiger partial charge < -0.3 is 5.32 Å². The molecule has 0 atom stereocenters. The van der Waals surface area contributed by atoms with Crippen LogP contribution in [0.15, 0.2) is 29.8 Å². The van der Waals surface area contributed by atoms with Crippen molar-refractivity contribution in [2.24, 2.45) is 5.92 Å². The minimum absolute atomic E-state index is 0.612. The van der Waals surface area contributed by atoms with Crippen molar-refractivity contribution in [3.8, 4) is 0 Å². The van der Waals surface area contributed by atoms with Crippen LogP contribution < -0.4 is 5.32 Å². The highest BCUT2D eigenvalue weighted by Gasteiger charge is 2.20. The lowest BCUT2D eigenvalue weighted by Crippen LogP contribution is -2.21. The highest BCUT2D eigenvalue weighted by molar-refractivity contribution is 5.57. The zero-order valence-corrected chi connectivity index (χ0v) is 11.9. The lowest BCUT2D eigenvalue weighted by Gasteiger charge is -2.14. The summed E-state index contributed by atoms with van der Waals surface area (Å²) >= 11 is 0. The Bertz CT molecular complexity index is 413. The third kappa shape index (κ3) is 3.71. The van der Waals surface area contributed by atoms with Crippen LogP contribution in [0.1, 0.15) is 44.7 Å². The molecule has 1 aromatic carbocycles. The second-order valence-electron chi connectivity index (χ2n) is 5.58. The lowest BCUT2D eigenvalue weighted by molar-refractivity contribution is 0.662. The Morgan fingerprint density at radius 2 is 2.06 bits per heavy atom. The summed E-state index contributed by atoms with van der Waals surface area (Å²) in [5.41, 5.74) is 4.35. The molecule has 1 aromatic rings. The molecule has 0 bridgehead atoms. The molecule has 0 amide bonds. The second-order valence-corrected chi connectivity index (χ2v) is 5.58. The quantitative estimate of drug-likeness (QED) is 0.795. The van der Waals surface area contributed by atoms with Gasteiger partial charge in [0.2, 0.25) is 0 Å². The van der Waals surface area contributed by atoms with Crippen molar-refractivity contribution in [2.75, 3.05) is 6.54 Å². The molecule has 0 heterocycles. The molecule has 0 radical (unpaired) electrons. The summed E-state index contributed by atoms with van der Waals surface area (Å²) in [7, 11) is 0. The van der Waals surface area contributed by atoms with E-state index in [-0.39, 0.29) is 0 Å². The first kappa shape index (κ1) is 13.4. The minimum atomic E-state index is 0.612. The minimum Gasteiger partial charge on any atom is -0.310 e. The molecule has 98 valence electrons. The first-order valence-corrected chi connectivity index (χ1v) is 7.22. The van der Waals surface area contributed by atoms with Crippen LogP contribution in [0.2, 0.25) is 0 Å². The molecular formula is C17H25N. The van der Waals surface area contributed by atoms with Crippen LogP contribution in [0.5, 0.6) is 0 Å². The Hall–Kier alpha value is -1.08. The average Bonchev–Trinajstić information content (AvgIpc) is 3.18. The molecule has 0 aliphatic heterocycles. The molecule has 2 rings (SSSR count). The van der Waals surface area contributed by atoms with E-state index in [1.165, 1.54) is 29.5 Å². The molecule has 18 heavy (non-hydrogen) atoms. The summed E-state index contributed by atoms with van der Waals surface area (Å²) in [5, 5.41) is 3.63. The van der Waals surface area contributed by atoms with Crippen LogP contribution >= 0.6 is 0 Å². The van der Waals surface area contributed by atoms with Gasteiger partial charge in [0.05, 0.1) is 0 Å². The Balaban J connectivity index is 2.13. The van der Waals surface area contributed by atoms with Gasteiger partial charge in [0, 0.05) is 12.6 Å². The van der Waals surface area contributed by atoms with E-state index in [0.717, 1.165) is 19.0 Å². The Morgan fingerprint density at radius 1 is 1.33 bits per heavy atom. The fourth-order valence-corrected chi connectivity index (χ4v) is 2.17. The molecule has 0 unspecified atom stereocenters. The Morgan fingerprint density at radius 3 is 2.67 bits per heavy atom. The van der Waals surface area contributed by atoms with Gasteiger partial charge in [0.25, 0.3) is 0 Å². The number of aryl methyl sites for hydroxylation is 1. The summed E-state index contributed by atoms with van der Waals surface area (Å²) in [5.74, 6) is 0.612. The van der Waals surface area contributed by atoms with Crippen LogP contribution in [0.25, 0.3) is 6.08 Å². The van der Waals surface area contributed by atoms with Crippen molar-refractivity contribution >= 4 is 6.08 Å². The van der Waals surface area contributed by atoms with Crippen LogP contribution in [0, 0.1) is 5.92 Å². The largest absolute Gasteiger partial charge is 0.310 e. The number of nitrogens with one attached hydrogen (secondary N) is 1. The number of rotatable bonds is 6. The van der Waals surface area contributed by atoms with E-state index in [1.54, 1.807) is 0 Å². The highest BCUT2D eigenvalue weighted by atomic mass is 14.9. The van der Waals surface area contributed by atoms with E-state index in [0.29, 0.717) is 5.92 Å². The topological polar surface area (TPSA) is 12.0 Å². The van der Waals surface area contributed by atoms with Crippen molar-refractivity contribution < 1.29 is 0 Å². The SMILES string of the molecule is CCc1ccccc1C=C(CNC1CC1)C(C)C. The first-order chi connectivity index (χ1) is 8.70. The van der Waals surface area contributed by atoms with E-state index >= 15 is 0 Å². The fraction of sp³-hybridized carbons (Fsp3) is 0.529. The van der Waals surface area contributed by atoms with E-state index in [1.807, 2.05) is 0 Å². The summed E-state index contributed by atoms with van der Waals surface area (Å²) in [4.78, 5) is 0. The van der Waals surface area contributed by atoms with Gasteiger partial charge in [0.15, 0.2) is 0 Å². The predicted octanol–water partition coefficient (Wildman–Crippen LogP) is 4.04. The monoisotopic (exact) mass is 243 g/mol. The maximum Gasteiger partial charge on any atom is 0.0173 e. The predicted molar refractivity (Wildman–Crippen MR) is 79.7 cm³/mol. The Kier molecular flexibility index (Phi) is 4.60. The van der Waals surface area contributed by atoms with Gasteiger partial charge in [-0.25, -0.2) is 0 Å². The molecule has 1 aliphatic rings. The zero-order valence-electron chi connectivity index (χ0n) is 11.9. The molecule has 0 aromatic heterocycles. The maximum absolute atomic E-state index is 3.63. The molecule has 1 N–H and O–H groups in total.